The van der Waals surface area contributed by atoms with Crippen molar-refractivity contribution in [2.45, 2.75) is 26.2 Å². The molecule has 12 rings (SSSR count). The predicted molar refractivity (Wildman–Crippen MR) is 251 cm³/mol. The van der Waals surface area contributed by atoms with Gasteiger partial charge in [0.15, 0.2) is 0 Å². The Balaban J connectivity index is 1.11. The number of nitrogens with zero attached hydrogens (tertiary/aromatic N) is 2. The van der Waals surface area contributed by atoms with Crippen molar-refractivity contribution in [1.82, 2.24) is 4.57 Å². The van der Waals surface area contributed by atoms with Crippen molar-refractivity contribution in [2.75, 3.05) is 4.90 Å². The molecule has 2 heteroatoms. The van der Waals surface area contributed by atoms with E-state index in [4.69, 9.17) is 0 Å². The fourth-order valence-electron chi connectivity index (χ4n) is 11.1. The first-order chi connectivity index (χ1) is 29.5. The highest BCUT2D eigenvalue weighted by atomic mass is 15.2. The summed E-state index contributed by atoms with van der Waals surface area (Å²) in [5.41, 5.74) is 23.5. The van der Waals surface area contributed by atoms with Crippen molar-refractivity contribution in [3.05, 3.63) is 239 Å². The number of benzene rings is 9. The van der Waals surface area contributed by atoms with E-state index in [0.29, 0.717) is 0 Å². The van der Waals surface area contributed by atoms with Gasteiger partial charge in [0.25, 0.3) is 0 Å². The van der Waals surface area contributed by atoms with Gasteiger partial charge < -0.3 is 9.47 Å². The molecule has 60 heavy (non-hydrogen) atoms. The molecule has 2 aliphatic carbocycles. The van der Waals surface area contributed by atoms with Gasteiger partial charge in [0.1, 0.15) is 0 Å². The monoisotopic (exact) mass is 766 g/mol. The molecule has 0 amide bonds. The second-order valence-electron chi connectivity index (χ2n) is 16.6. The van der Waals surface area contributed by atoms with E-state index in [1.165, 1.54) is 111 Å². The summed E-state index contributed by atoms with van der Waals surface area (Å²) >= 11 is 0. The van der Waals surface area contributed by atoms with Crippen LogP contribution in [-0.2, 0) is 5.41 Å². The maximum absolute atomic E-state index is 2.56. The normalized spacial score (nSPS) is 13.1. The van der Waals surface area contributed by atoms with Crippen LogP contribution in [0.2, 0.25) is 0 Å². The molecule has 10 aromatic rings. The summed E-state index contributed by atoms with van der Waals surface area (Å²) in [6, 6.07) is 74.6. The van der Waals surface area contributed by atoms with Crippen molar-refractivity contribution < 1.29 is 0 Å². The van der Waals surface area contributed by atoms with Gasteiger partial charge in [-0.25, -0.2) is 0 Å². The Kier molecular flexibility index (Phi) is 7.52. The summed E-state index contributed by atoms with van der Waals surface area (Å²) in [6.45, 7) is 6.75. The molecule has 1 aromatic heterocycles. The fourth-order valence-corrected chi connectivity index (χ4v) is 11.1. The van der Waals surface area contributed by atoms with Crippen molar-refractivity contribution >= 4 is 38.9 Å². The second kappa shape index (κ2) is 13.0. The summed E-state index contributed by atoms with van der Waals surface area (Å²) in [7, 11) is 0. The largest absolute Gasteiger partial charge is 0.310 e. The van der Waals surface area contributed by atoms with Gasteiger partial charge in [0.2, 0.25) is 0 Å². The molecule has 0 fully saturated rings. The fraction of sp³-hybridized carbons (Fsp3) is 0.0690. The molecule has 0 atom stereocenters. The zero-order valence-electron chi connectivity index (χ0n) is 33.9. The van der Waals surface area contributed by atoms with Crippen LogP contribution in [0.15, 0.2) is 200 Å². The van der Waals surface area contributed by atoms with Crippen LogP contribution in [0.25, 0.3) is 60.9 Å². The Bertz CT molecular complexity index is 3260. The van der Waals surface area contributed by atoms with E-state index in [-0.39, 0.29) is 0 Å². The minimum atomic E-state index is -0.483. The Morgan fingerprint density at radius 1 is 0.433 bits per heavy atom. The van der Waals surface area contributed by atoms with Crippen molar-refractivity contribution in [3.63, 3.8) is 0 Å². The number of rotatable bonds is 5. The highest BCUT2D eigenvalue weighted by Crippen LogP contribution is 2.65. The van der Waals surface area contributed by atoms with Gasteiger partial charge in [0.05, 0.1) is 27.8 Å². The van der Waals surface area contributed by atoms with Gasteiger partial charge in [-0.15, -0.1) is 0 Å². The Labute approximate surface area is 351 Å². The van der Waals surface area contributed by atoms with Gasteiger partial charge in [-0.05, 0) is 124 Å². The first-order valence-electron chi connectivity index (χ1n) is 21.0. The Morgan fingerprint density at radius 2 is 0.950 bits per heavy atom. The zero-order chi connectivity index (χ0) is 40.1. The quantitative estimate of drug-likeness (QED) is 0.169. The molecule has 0 aliphatic heterocycles. The molecular formula is C58H42N2. The van der Waals surface area contributed by atoms with Crippen LogP contribution in [0.3, 0.4) is 0 Å². The van der Waals surface area contributed by atoms with E-state index in [0.717, 1.165) is 5.69 Å². The smallest absolute Gasteiger partial charge is 0.0746 e. The first kappa shape index (κ1) is 34.6. The molecule has 0 bridgehead atoms. The van der Waals surface area contributed by atoms with Crippen LogP contribution in [0, 0.1) is 20.8 Å². The zero-order valence-corrected chi connectivity index (χ0v) is 33.9. The van der Waals surface area contributed by atoms with E-state index in [1.807, 2.05) is 0 Å². The molecule has 0 unspecified atom stereocenters. The average molecular weight is 767 g/mol. The van der Waals surface area contributed by atoms with Gasteiger partial charge in [-0.1, -0.05) is 163 Å². The maximum atomic E-state index is 2.56. The SMILES string of the molecule is Cc1cc(C)c(N(c2ccc(-c3cccc4c3c3ccccc3n4-c3ccccc3)cc2)c2cccc3c2C2(c4ccccc4-c4ccccc42)c2ccccc2-3)c(C)c1. The highest BCUT2D eigenvalue weighted by molar-refractivity contribution is 6.16. The van der Waals surface area contributed by atoms with E-state index in [9.17, 15) is 0 Å². The number of hydrogen-bond donors (Lipinski definition) is 0. The molecule has 2 aliphatic rings. The van der Waals surface area contributed by atoms with Gasteiger partial charge in [0, 0.05) is 27.7 Å². The van der Waals surface area contributed by atoms with Crippen LogP contribution < -0.4 is 4.90 Å². The van der Waals surface area contributed by atoms with Crippen LogP contribution in [0.5, 0.6) is 0 Å². The van der Waals surface area contributed by atoms with Crippen LogP contribution in [0.1, 0.15) is 38.9 Å². The number of hydrogen-bond acceptors (Lipinski definition) is 1. The van der Waals surface area contributed by atoms with E-state index in [2.05, 4.69) is 230 Å². The van der Waals surface area contributed by atoms with Gasteiger partial charge in [-0.3, -0.25) is 0 Å². The number of para-hydroxylation sites is 2. The van der Waals surface area contributed by atoms with E-state index >= 15 is 0 Å². The molecule has 1 spiro atoms. The van der Waals surface area contributed by atoms with E-state index in [1.54, 1.807) is 0 Å². The average Bonchev–Trinajstić information content (AvgIpc) is 3.90. The van der Waals surface area contributed by atoms with Crippen LogP contribution in [0.4, 0.5) is 17.1 Å². The molecule has 0 saturated heterocycles. The van der Waals surface area contributed by atoms with Crippen LogP contribution >= 0.6 is 0 Å². The Morgan fingerprint density at radius 3 is 1.62 bits per heavy atom. The lowest BCUT2D eigenvalue weighted by atomic mass is 9.70. The van der Waals surface area contributed by atoms with Gasteiger partial charge in [-0.2, -0.15) is 0 Å². The van der Waals surface area contributed by atoms with E-state index < -0.39 is 5.41 Å². The lowest BCUT2D eigenvalue weighted by Gasteiger charge is -2.37. The standard InChI is InChI=1S/C58H42N2/c1-37-35-38(2)57(39(3)36-37)60(42-33-31-40(32-34-42)43-23-15-29-53-55(43)48-22-10-14-28-52(48)59(53)41-17-5-4-6-18-41)54-30-16-24-47-46-21-9-13-27-51(46)58(56(47)54)49-25-11-7-19-44(49)45-20-8-12-26-50(45)58/h4-36H,1-3H3. The second-order valence-corrected chi connectivity index (χ2v) is 16.6. The molecular weight excluding hydrogens is 725 g/mol. The topological polar surface area (TPSA) is 8.17 Å². The van der Waals surface area contributed by atoms with Crippen molar-refractivity contribution in [1.29, 1.82) is 0 Å². The summed E-state index contributed by atoms with van der Waals surface area (Å²) < 4.78 is 2.40. The van der Waals surface area contributed by atoms with Crippen molar-refractivity contribution in [3.8, 4) is 39.1 Å². The molecule has 0 radical (unpaired) electrons. The number of aryl methyl sites for hydroxylation is 3. The molecule has 284 valence electrons. The predicted octanol–water partition coefficient (Wildman–Crippen LogP) is 15.2. The number of fused-ring (bicyclic) bond motifs is 13. The first-order valence-corrected chi connectivity index (χ1v) is 21.0. The minimum Gasteiger partial charge on any atom is -0.310 e. The third kappa shape index (κ3) is 4.70. The molecule has 2 nitrogen and oxygen atoms in total. The Hall–Kier alpha value is -7.42. The maximum Gasteiger partial charge on any atom is 0.0746 e. The summed E-state index contributed by atoms with van der Waals surface area (Å²) in [6.07, 6.45) is 0. The molecule has 0 N–H and O–H groups in total. The summed E-state index contributed by atoms with van der Waals surface area (Å²) in [4.78, 5) is 2.56. The molecule has 0 saturated carbocycles. The summed E-state index contributed by atoms with van der Waals surface area (Å²) in [5, 5.41) is 2.52. The lowest BCUT2D eigenvalue weighted by molar-refractivity contribution is 0.793. The number of anilines is 3. The lowest BCUT2D eigenvalue weighted by Crippen LogP contribution is -2.28. The third-order valence-corrected chi connectivity index (χ3v) is 13.2. The molecule has 1 heterocycles. The summed E-state index contributed by atoms with van der Waals surface area (Å²) in [5.74, 6) is 0. The highest BCUT2D eigenvalue weighted by Gasteiger charge is 2.53. The number of aromatic nitrogens is 1. The minimum absolute atomic E-state index is 0.483. The molecule has 9 aromatic carbocycles. The van der Waals surface area contributed by atoms with Crippen LogP contribution in [-0.4, -0.2) is 4.57 Å². The third-order valence-electron chi connectivity index (χ3n) is 13.2. The van der Waals surface area contributed by atoms with Gasteiger partial charge >= 0.3 is 0 Å². The van der Waals surface area contributed by atoms with Crippen molar-refractivity contribution in [2.24, 2.45) is 0 Å².